The molecule has 0 aliphatic heterocycles. The molecule has 2 rings (SSSR count). The lowest BCUT2D eigenvalue weighted by atomic mass is 10.0. The quantitative estimate of drug-likeness (QED) is 0.577. The van der Waals surface area contributed by atoms with E-state index in [0.29, 0.717) is 5.56 Å². The molecule has 2 aromatic carbocycles. The summed E-state index contributed by atoms with van der Waals surface area (Å²) in [6, 6.07) is 17.2. The molecule has 0 bridgehead atoms. The Hall–Kier alpha value is -2.95. The molecular weight excluding hydrogens is 354 g/mol. The zero-order chi connectivity index (χ0) is 20.7. The topological polar surface area (TPSA) is 72.5 Å². The molecule has 1 N–H and O–H groups in total. The fraction of sp³-hybridized carbons (Fsp3) is 0.348. The van der Waals surface area contributed by atoms with Crippen molar-refractivity contribution in [2.24, 2.45) is 0 Å². The van der Waals surface area contributed by atoms with E-state index in [9.17, 15) is 14.4 Å². The zero-order valence-corrected chi connectivity index (χ0v) is 16.8. The van der Waals surface area contributed by atoms with Gasteiger partial charge in [-0.1, -0.05) is 54.6 Å². The van der Waals surface area contributed by atoms with Gasteiger partial charge in [0.2, 0.25) is 0 Å². The third kappa shape index (κ3) is 6.65. The predicted molar refractivity (Wildman–Crippen MR) is 109 cm³/mol. The molecule has 0 aliphatic carbocycles. The van der Waals surface area contributed by atoms with E-state index in [4.69, 9.17) is 4.74 Å². The second kappa shape index (κ2) is 9.31. The van der Waals surface area contributed by atoms with Crippen LogP contribution < -0.4 is 5.32 Å². The Morgan fingerprint density at radius 2 is 1.46 bits per heavy atom. The van der Waals surface area contributed by atoms with Gasteiger partial charge in [0.15, 0.2) is 11.9 Å². The van der Waals surface area contributed by atoms with Gasteiger partial charge in [-0.2, -0.15) is 0 Å². The molecule has 148 valence electrons. The second-order valence-corrected chi connectivity index (χ2v) is 7.74. The van der Waals surface area contributed by atoms with Crippen molar-refractivity contribution in [3.05, 3.63) is 60.2 Å². The number of carbonyl (C=O) groups is 3. The van der Waals surface area contributed by atoms with Crippen LogP contribution in [0.2, 0.25) is 0 Å². The molecule has 0 heterocycles. The Labute approximate surface area is 166 Å². The Morgan fingerprint density at radius 1 is 0.893 bits per heavy atom. The largest absolute Gasteiger partial charge is 0.453 e. The van der Waals surface area contributed by atoms with Crippen LogP contribution in [0.15, 0.2) is 54.6 Å². The summed E-state index contributed by atoms with van der Waals surface area (Å²) >= 11 is 0. The van der Waals surface area contributed by atoms with Crippen molar-refractivity contribution in [1.29, 1.82) is 0 Å². The molecule has 0 saturated carbocycles. The monoisotopic (exact) mass is 381 g/mol. The standard InChI is InChI=1S/C23H27NO4/c1-16(22(27)24-23(2,3)4)28-21(26)15-14-20(25)19-12-10-18(11-13-19)17-8-6-5-7-9-17/h5-13,16H,14-15H2,1-4H3,(H,24,27)/t16-/m0/s1. The lowest BCUT2D eigenvalue weighted by Crippen LogP contribution is -2.46. The van der Waals surface area contributed by atoms with Crippen LogP contribution in [-0.4, -0.2) is 29.3 Å². The van der Waals surface area contributed by atoms with Crippen molar-refractivity contribution in [2.75, 3.05) is 0 Å². The summed E-state index contributed by atoms with van der Waals surface area (Å²) in [4.78, 5) is 36.2. The maximum atomic E-state index is 12.3. The van der Waals surface area contributed by atoms with E-state index in [-0.39, 0.29) is 24.5 Å². The van der Waals surface area contributed by atoms with E-state index in [1.54, 1.807) is 12.1 Å². The first-order valence-electron chi connectivity index (χ1n) is 9.36. The number of benzene rings is 2. The highest BCUT2D eigenvalue weighted by Gasteiger charge is 2.22. The zero-order valence-electron chi connectivity index (χ0n) is 16.8. The maximum Gasteiger partial charge on any atom is 0.307 e. The van der Waals surface area contributed by atoms with Crippen molar-refractivity contribution in [3.8, 4) is 11.1 Å². The van der Waals surface area contributed by atoms with Crippen LogP contribution in [0.4, 0.5) is 0 Å². The highest BCUT2D eigenvalue weighted by Crippen LogP contribution is 2.20. The Balaban J connectivity index is 1.84. The predicted octanol–water partition coefficient (Wildman–Crippen LogP) is 4.16. The number of rotatable bonds is 7. The molecule has 28 heavy (non-hydrogen) atoms. The van der Waals surface area contributed by atoms with Crippen molar-refractivity contribution in [3.63, 3.8) is 0 Å². The Morgan fingerprint density at radius 3 is 2.04 bits per heavy atom. The minimum Gasteiger partial charge on any atom is -0.453 e. The fourth-order valence-electron chi connectivity index (χ4n) is 2.62. The first-order valence-corrected chi connectivity index (χ1v) is 9.36. The van der Waals surface area contributed by atoms with Crippen LogP contribution in [-0.2, 0) is 14.3 Å². The van der Waals surface area contributed by atoms with Crippen LogP contribution in [0.25, 0.3) is 11.1 Å². The van der Waals surface area contributed by atoms with Gasteiger partial charge < -0.3 is 10.1 Å². The third-order valence-electron chi connectivity index (χ3n) is 4.05. The number of amides is 1. The first kappa shape index (κ1) is 21.4. The summed E-state index contributed by atoms with van der Waals surface area (Å²) in [6.07, 6.45) is -0.921. The molecule has 0 aromatic heterocycles. The van der Waals surface area contributed by atoms with Gasteiger partial charge >= 0.3 is 5.97 Å². The molecule has 0 radical (unpaired) electrons. The number of carbonyl (C=O) groups excluding carboxylic acids is 3. The molecule has 1 amide bonds. The lowest BCUT2D eigenvalue weighted by Gasteiger charge is -2.23. The number of ketones is 1. The molecule has 5 heteroatoms. The van der Waals surface area contributed by atoms with Crippen molar-refractivity contribution in [1.82, 2.24) is 5.32 Å². The summed E-state index contributed by atoms with van der Waals surface area (Å²) in [6.45, 7) is 7.06. The highest BCUT2D eigenvalue weighted by atomic mass is 16.5. The molecule has 5 nitrogen and oxygen atoms in total. The normalized spacial score (nSPS) is 12.1. The average molecular weight is 381 g/mol. The van der Waals surface area contributed by atoms with E-state index in [1.165, 1.54) is 6.92 Å². The minimum absolute atomic E-state index is 0.0388. The Bertz CT molecular complexity index is 820. The van der Waals surface area contributed by atoms with Gasteiger partial charge in [0.1, 0.15) is 0 Å². The molecule has 0 saturated heterocycles. The maximum absolute atomic E-state index is 12.3. The average Bonchev–Trinajstić information content (AvgIpc) is 2.65. The van der Waals surface area contributed by atoms with Crippen LogP contribution >= 0.6 is 0 Å². The number of hydrogen-bond acceptors (Lipinski definition) is 4. The van der Waals surface area contributed by atoms with Gasteiger partial charge in [0.05, 0.1) is 6.42 Å². The van der Waals surface area contributed by atoms with Crippen LogP contribution in [0, 0.1) is 0 Å². The van der Waals surface area contributed by atoms with E-state index in [1.807, 2.05) is 63.2 Å². The highest BCUT2D eigenvalue weighted by molar-refractivity contribution is 5.98. The van der Waals surface area contributed by atoms with Crippen molar-refractivity contribution < 1.29 is 19.1 Å². The summed E-state index contributed by atoms with van der Waals surface area (Å²) < 4.78 is 5.12. The second-order valence-electron chi connectivity index (χ2n) is 7.74. The molecular formula is C23H27NO4. The van der Waals surface area contributed by atoms with Crippen molar-refractivity contribution in [2.45, 2.75) is 52.2 Å². The summed E-state index contributed by atoms with van der Waals surface area (Å²) in [5.41, 5.74) is 2.24. The third-order valence-corrected chi connectivity index (χ3v) is 4.05. The molecule has 0 fully saturated rings. The van der Waals surface area contributed by atoms with Crippen molar-refractivity contribution >= 4 is 17.7 Å². The van der Waals surface area contributed by atoms with E-state index in [0.717, 1.165) is 11.1 Å². The number of nitrogens with one attached hydrogen (secondary N) is 1. The van der Waals surface area contributed by atoms with Crippen LogP contribution in [0.3, 0.4) is 0 Å². The molecule has 1 atom stereocenters. The number of hydrogen-bond donors (Lipinski definition) is 1. The molecule has 0 unspecified atom stereocenters. The van der Waals surface area contributed by atoms with Gasteiger partial charge in [-0.15, -0.1) is 0 Å². The first-order chi connectivity index (χ1) is 13.2. The van der Waals surface area contributed by atoms with Gasteiger partial charge in [-0.25, -0.2) is 0 Å². The Kier molecular flexibility index (Phi) is 7.10. The van der Waals surface area contributed by atoms with Crippen LogP contribution in [0.1, 0.15) is 50.9 Å². The fourth-order valence-corrected chi connectivity index (χ4v) is 2.62. The molecule has 2 aromatic rings. The molecule has 0 spiro atoms. The van der Waals surface area contributed by atoms with Gasteiger partial charge in [-0.05, 0) is 38.8 Å². The minimum atomic E-state index is -0.896. The smallest absolute Gasteiger partial charge is 0.307 e. The number of esters is 1. The summed E-state index contributed by atoms with van der Waals surface area (Å²) in [7, 11) is 0. The summed E-state index contributed by atoms with van der Waals surface area (Å²) in [5, 5.41) is 2.75. The van der Waals surface area contributed by atoms with Crippen LogP contribution in [0.5, 0.6) is 0 Å². The number of ether oxygens (including phenoxy) is 1. The van der Waals surface area contributed by atoms with E-state index >= 15 is 0 Å². The van der Waals surface area contributed by atoms with Gasteiger partial charge in [-0.3, -0.25) is 14.4 Å². The van der Waals surface area contributed by atoms with Gasteiger partial charge in [0.25, 0.3) is 5.91 Å². The van der Waals surface area contributed by atoms with E-state index < -0.39 is 17.6 Å². The number of Topliss-reactive ketones (excluding diaryl/α,β-unsaturated/α-hetero) is 1. The SMILES string of the molecule is C[C@H](OC(=O)CCC(=O)c1ccc(-c2ccccc2)cc1)C(=O)NC(C)(C)C. The lowest BCUT2D eigenvalue weighted by molar-refractivity contribution is -0.155. The summed E-state index contributed by atoms with van der Waals surface area (Å²) in [5.74, 6) is -1.06. The molecule has 0 aliphatic rings. The van der Waals surface area contributed by atoms with Gasteiger partial charge in [0, 0.05) is 17.5 Å². The van der Waals surface area contributed by atoms with E-state index in [2.05, 4.69) is 5.32 Å².